The number of halogens is 6. The Balaban J connectivity index is 1.44. The molecule has 48 heavy (non-hydrogen) atoms. The maximum absolute atomic E-state index is 16.9. The molecule has 0 aliphatic carbocycles. The summed E-state index contributed by atoms with van der Waals surface area (Å²) < 4.78 is 96.5. The molecular formula is C32H28F6N6O3S. The second kappa shape index (κ2) is 11.7. The van der Waals surface area contributed by atoms with Crippen LogP contribution >= 0.6 is 11.3 Å². The molecule has 0 bridgehead atoms. The van der Waals surface area contributed by atoms with Crippen LogP contribution in [0, 0.1) is 28.9 Å². The van der Waals surface area contributed by atoms with Gasteiger partial charge in [0.05, 0.1) is 27.3 Å². The molecule has 0 unspecified atom stereocenters. The summed E-state index contributed by atoms with van der Waals surface area (Å²) in [5.74, 6) is -3.99. The van der Waals surface area contributed by atoms with E-state index in [9.17, 15) is 37.1 Å². The normalized spacial score (nSPS) is 22.0. The highest BCUT2D eigenvalue weighted by molar-refractivity contribution is 7.23. The van der Waals surface area contributed by atoms with Crippen LogP contribution in [0.2, 0.25) is 0 Å². The fourth-order valence-electron chi connectivity index (χ4n) is 7.48. The van der Waals surface area contributed by atoms with Crippen LogP contribution in [0.1, 0.15) is 43.2 Å². The van der Waals surface area contributed by atoms with Crippen molar-refractivity contribution in [2.24, 2.45) is 5.92 Å². The third-order valence-corrected chi connectivity index (χ3v) is 10.8. The molecule has 3 fully saturated rings. The van der Waals surface area contributed by atoms with E-state index in [4.69, 9.17) is 10.5 Å². The Labute approximate surface area is 273 Å². The van der Waals surface area contributed by atoms with Crippen LogP contribution in [-0.2, 0) is 11.0 Å². The number of carbonyl (C=O) groups is 1. The third kappa shape index (κ3) is 5.23. The van der Waals surface area contributed by atoms with Gasteiger partial charge in [-0.3, -0.25) is 9.69 Å². The smallest absolute Gasteiger partial charge is 0.417 e. The number of aliphatic carboxylic acids is 1. The first-order chi connectivity index (χ1) is 22.8. The summed E-state index contributed by atoms with van der Waals surface area (Å²) in [6, 6.07) is 4.04. The van der Waals surface area contributed by atoms with Crippen molar-refractivity contribution in [1.29, 1.82) is 5.26 Å². The average molecular weight is 691 g/mol. The van der Waals surface area contributed by atoms with Crippen LogP contribution in [-0.4, -0.2) is 70.4 Å². The standard InChI is InChI=1S/C32H28F6N6O3S/c33-16-11-31(6-1-7-44(31)13-16)14-47-30-41-25-18(28(42-30)43-8-4-15(5-9-43)29(45)46)10-20(32(36,37)38)23(24(25)35)17-2-3-21(34)26-22(17)19(12-39)27(40)48-26/h2-3,10,15-16H,1,4-9,11,13-14,40H2,(H,45,46)/t16-,31+/m1/s1. The molecule has 0 spiro atoms. The lowest BCUT2D eigenvalue weighted by Crippen LogP contribution is -2.43. The molecule has 3 saturated heterocycles. The zero-order chi connectivity index (χ0) is 34.1. The van der Waals surface area contributed by atoms with Gasteiger partial charge in [-0.05, 0) is 49.9 Å². The summed E-state index contributed by atoms with van der Waals surface area (Å²) in [5.41, 5.74) is 1.73. The van der Waals surface area contributed by atoms with E-state index >= 15 is 4.39 Å². The number of fused-ring (bicyclic) bond motifs is 3. The van der Waals surface area contributed by atoms with E-state index in [1.807, 2.05) is 4.90 Å². The number of hydrogen-bond donors (Lipinski definition) is 2. The van der Waals surface area contributed by atoms with Crippen LogP contribution in [0.25, 0.3) is 32.1 Å². The topological polar surface area (TPSA) is 129 Å². The number of nitrogens with two attached hydrogens (primary N) is 1. The first-order valence-electron chi connectivity index (χ1n) is 15.3. The summed E-state index contributed by atoms with van der Waals surface area (Å²) in [6.07, 6.45) is -4.16. The maximum atomic E-state index is 16.9. The van der Waals surface area contributed by atoms with Gasteiger partial charge in [-0.15, -0.1) is 11.3 Å². The highest BCUT2D eigenvalue weighted by Gasteiger charge is 2.49. The molecule has 0 saturated carbocycles. The largest absolute Gasteiger partial charge is 0.481 e. The first-order valence-corrected chi connectivity index (χ1v) is 16.1. The number of thiophene rings is 1. The number of ether oxygens (including phenoxy) is 1. The van der Waals surface area contributed by atoms with E-state index in [0.717, 1.165) is 24.6 Å². The molecule has 0 amide bonds. The molecule has 16 heteroatoms. The number of aromatic nitrogens is 2. The summed E-state index contributed by atoms with van der Waals surface area (Å²) in [6.45, 7) is 1.09. The molecule has 5 heterocycles. The number of piperidine rings is 1. The lowest BCUT2D eigenvalue weighted by Gasteiger charge is -2.33. The molecule has 2 atom stereocenters. The number of carboxylic acid groups (broad SMARTS) is 1. The van der Waals surface area contributed by atoms with E-state index in [-0.39, 0.29) is 83.4 Å². The minimum absolute atomic E-state index is 0.0349. The molecular weight excluding hydrogens is 662 g/mol. The van der Waals surface area contributed by atoms with Crippen LogP contribution in [0.3, 0.4) is 0 Å². The Morgan fingerprint density at radius 1 is 1.21 bits per heavy atom. The molecule has 252 valence electrons. The average Bonchev–Trinajstić information content (AvgIpc) is 3.69. The van der Waals surface area contributed by atoms with Gasteiger partial charge in [0.1, 0.15) is 41.0 Å². The predicted molar refractivity (Wildman–Crippen MR) is 166 cm³/mol. The molecule has 2 aromatic heterocycles. The van der Waals surface area contributed by atoms with E-state index in [0.29, 0.717) is 24.3 Å². The highest BCUT2D eigenvalue weighted by Crippen LogP contribution is 2.48. The summed E-state index contributed by atoms with van der Waals surface area (Å²) in [4.78, 5) is 23.9. The molecule has 3 aliphatic rings. The van der Waals surface area contributed by atoms with Gasteiger partial charge >= 0.3 is 18.2 Å². The van der Waals surface area contributed by atoms with Gasteiger partial charge in [-0.1, -0.05) is 6.07 Å². The van der Waals surface area contributed by atoms with Crippen molar-refractivity contribution >= 4 is 49.1 Å². The van der Waals surface area contributed by atoms with Crippen molar-refractivity contribution in [2.45, 2.75) is 50.0 Å². The van der Waals surface area contributed by atoms with Gasteiger partial charge in [-0.2, -0.15) is 28.4 Å². The number of anilines is 2. The minimum atomic E-state index is -5.13. The zero-order valence-corrected chi connectivity index (χ0v) is 26.0. The Kier molecular flexibility index (Phi) is 7.82. The molecule has 4 aromatic rings. The van der Waals surface area contributed by atoms with E-state index in [1.165, 1.54) is 0 Å². The van der Waals surface area contributed by atoms with Crippen molar-refractivity contribution in [3.8, 4) is 23.2 Å². The molecule has 7 rings (SSSR count). The monoisotopic (exact) mass is 690 g/mol. The fourth-order valence-corrected chi connectivity index (χ4v) is 8.43. The number of benzene rings is 2. The Bertz CT molecular complexity index is 2010. The van der Waals surface area contributed by atoms with E-state index < -0.39 is 63.6 Å². The minimum Gasteiger partial charge on any atom is -0.481 e. The number of rotatable bonds is 6. The van der Waals surface area contributed by atoms with Crippen LogP contribution in [0.4, 0.5) is 37.2 Å². The van der Waals surface area contributed by atoms with Gasteiger partial charge in [0.25, 0.3) is 0 Å². The van der Waals surface area contributed by atoms with Crippen LogP contribution in [0.5, 0.6) is 6.01 Å². The van der Waals surface area contributed by atoms with Gasteiger partial charge < -0.3 is 20.5 Å². The van der Waals surface area contributed by atoms with Gasteiger partial charge in [0.2, 0.25) is 0 Å². The highest BCUT2D eigenvalue weighted by atomic mass is 32.1. The van der Waals surface area contributed by atoms with Gasteiger partial charge in [-0.25, -0.2) is 13.2 Å². The Morgan fingerprint density at radius 2 is 1.96 bits per heavy atom. The molecule has 3 aliphatic heterocycles. The maximum Gasteiger partial charge on any atom is 0.417 e. The number of nitriles is 1. The Morgan fingerprint density at radius 3 is 2.65 bits per heavy atom. The van der Waals surface area contributed by atoms with Crippen molar-refractivity contribution < 1.29 is 41.0 Å². The second-order valence-corrected chi connectivity index (χ2v) is 13.6. The summed E-state index contributed by atoms with van der Waals surface area (Å²) >= 11 is 0.665. The summed E-state index contributed by atoms with van der Waals surface area (Å²) in [5, 5.41) is 18.6. The van der Waals surface area contributed by atoms with Crippen LogP contribution < -0.4 is 15.4 Å². The van der Waals surface area contributed by atoms with E-state index in [1.54, 1.807) is 11.0 Å². The molecule has 3 N–H and O–H groups in total. The number of hydrogen-bond acceptors (Lipinski definition) is 9. The molecule has 0 radical (unpaired) electrons. The van der Waals surface area contributed by atoms with Crippen molar-refractivity contribution in [3.63, 3.8) is 0 Å². The summed E-state index contributed by atoms with van der Waals surface area (Å²) in [7, 11) is 0. The number of carboxylic acids is 1. The fraction of sp³-hybridized carbons (Fsp3) is 0.438. The molecule has 2 aromatic carbocycles. The lowest BCUT2D eigenvalue weighted by molar-refractivity contribution is -0.142. The number of nitrogen functional groups attached to an aromatic ring is 1. The first kappa shape index (κ1) is 32.2. The van der Waals surface area contributed by atoms with Crippen molar-refractivity contribution in [1.82, 2.24) is 14.9 Å². The lowest BCUT2D eigenvalue weighted by atomic mass is 9.92. The van der Waals surface area contributed by atoms with Crippen LogP contribution in [0.15, 0.2) is 18.2 Å². The van der Waals surface area contributed by atoms with Gasteiger partial charge in [0.15, 0.2) is 5.82 Å². The number of alkyl halides is 4. The van der Waals surface area contributed by atoms with Gasteiger partial charge in [0, 0.05) is 42.4 Å². The SMILES string of the molecule is N#Cc1c(N)sc2c(F)ccc(-c3c(C(F)(F)F)cc4c(N5CCC(C(=O)O)CC5)nc(OC[C@@]56CCCN5C[C@H](F)C6)nc4c3F)c12. The second-order valence-electron chi connectivity index (χ2n) is 12.6. The Hall–Kier alpha value is -4.36. The third-order valence-electron chi connectivity index (χ3n) is 9.77. The van der Waals surface area contributed by atoms with Crippen molar-refractivity contribution in [2.75, 3.05) is 43.4 Å². The quantitative estimate of drug-likeness (QED) is 0.218. The molecule has 9 nitrogen and oxygen atoms in total. The van der Waals surface area contributed by atoms with Crippen molar-refractivity contribution in [3.05, 3.63) is 41.0 Å². The van der Waals surface area contributed by atoms with E-state index in [2.05, 4.69) is 9.97 Å². The predicted octanol–water partition coefficient (Wildman–Crippen LogP) is 6.52. The number of nitrogens with zero attached hydrogens (tertiary/aromatic N) is 5. The zero-order valence-electron chi connectivity index (χ0n) is 25.2.